The van der Waals surface area contributed by atoms with Crippen molar-refractivity contribution >= 4 is 45.7 Å². The molecular formula is C26H25N5O4S. The molecule has 1 saturated heterocycles. The van der Waals surface area contributed by atoms with Crippen LogP contribution in [0.15, 0.2) is 70.3 Å². The Labute approximate surface area is 213 Å². The van der Waals surface area contributed by atoms with Gasteiger partial charge < -0.3 is 14.4 Å². The molecule has 0 bridgehead atoms. The molecule has 184 valence electrons. The first kappa shape index (κ1) is 24.0. The van der Waals surface area contributed by atoms with Crippen molar-refractivity contribution < 1.29 is 19.1 Å². The van der Waals surface area contributed by atoms with Gasteiger partial charge in [0.2, 0.25) is 11.1 Å². The maximum Gasteiger partial charge on any atom is 0.283 e. The van der Waals surface area contributed by atoms with Crippen molar-refractivity contribution in [2.75, 3.05) is 26.3 Å². The molecule has 0 saturated carbocycles. The zero-order valence-electron chi connectivity index (χ0n) is 19.7. The molecule has 3 aliphatic heterocycles. The summed E-state index contributed by atoms with van der Waals surface area (Å²) < 4.78 is 11.3. The molecule has 10 heteroatoms. The lowest BCUT2D eigenvalue weighted by Gasteiger charge is -2.26. The summed E-state index contributed by atoms with van der Waals surface area (Å²) in [6.07, 6.45) is 1.61. The second-order valence-electron chi connectivity index (χ2n) is 8.42. The van der Waals surface area contributed by atoms with Gasteiger partial charge in [0.15, 0.2) is 5.84 Å². The van der Waals surface area contributed by atoms with E-state index >= 15 is 0 Å². The van der Waals surface area contributed by atoms with Crippen LogP contribution < -0.4 is 4.74 Å². The predicted molar refractivity (Wildman–Crippen MR) is 139 cm³/mol. The van der Waals surface area contributed by atoms with Gasteiger partial charge in [-0.3, -0.25) is 15.0 Å². The summed E-state index contributed by atoms with van der Waals surface area (Å²) in [5.74, 6) is 0.0774. The number of thioether (sulfide) groups is 1. The summed E-state index contributed by atoms with van der Waals surface area (Å²) in [7, 11) is 0. The van der Waals surface area contributed by atoms with Crippen LogP contribution >= 0.6 is 11.8 Å². The number of aliphatic imine (C=N–C) groups is 1. The highest BCUT2D eigenvalue weighted by Crippen LogP contribution is 2.30. The number of hydrogen-bond acceptors (Lipinski definition) is 7. The van der Waals surface area contributed by atoms with E-state index in [2.05, 4.69) is 10.1 Å². The molecule has 0 unspecified atom stereocenters. The van der Waals surface area contributed by atoms with Crippen LogP contribution in [-0.4, -0.2) is 64.1 Å². The number of carbonyl (C=O) groups is 2. The van der Waals surface area contributed by atoms with Gasteiger partial charge in [-0.05, 0) is 48.0 Å². The topological polar surface area (TPSA) is 108 Å². The number of hydrazone groups is 1. The van der Waals surface area contributed by atoms with E-state index < -0.39 is 5.91 Å². The summed E-state index contributed by atoms with van der Waals surface area (Å²) >= 11 is 1.15. The highest BCUT2D eigenvalue weighted by atomic mass is 32.2. The lowest BCUT2D eigenvalue weighted by Crippen LogP contribution is -2.41. The number of benzene rings is 2. The Hall–Kier alpha value is -3.76. The maximum atomic E-state index is 12.7. The van der Waals surface area contributed by atoms with E-state index in [1.807, 2.05) is 61.5 Å². The van der Waals surface area contributed by atoms with Crippen LogP contribution in [-0.2, 0) is 14.3 Å². The molecular weight excluding hydrogens is 478 g/mol. The number of amides is 2. The lowest BCUT2D eigenvalue weighted by atomic mass is 10.1. The van der Waals surface area contributed by atoms with Gasteiger partial charge in [-0.1, -0.05) is 42.5 Å². The first-order valence-electron chi connectivity index (χ1n) is 11.6. The van der Waals surface area contributed by atoms with Crippen molar-refractivity contribution in [3.8, 4) is 5.75 Å². The first-order chi connectivity index (χ1) is 17.5. The van der Waals surface area contributed by atoms with Gasteiger partial charge in [-0.15, -0.1) is 0 Å². The number of fused-ring (bicyclic) bond motifs is 1. The number of rotatable bonds is 6. The highest BCUT2D eigenvalue weighted by molar-refractivity contribution is 8.27. The molecule has 2 aromatic carbocycles. The standard InChI is InChI=1S/C26H25N5O4S/c1-17(19-5-3-2-4-6-19)35-20-9-7-18(8-10-20)15-21-24(27)31-26(28-25(21)33)36-22(29-31)16-23(32)30-11-13-34-14-12-30/h2-10,15,17,27H,11-14,16H2,1H3/b21-15-,27-24?/t17-/m0/s1. The van der Waals surface area contributed by atoms with Crippen LogP contribution in [0, 0.1) is 5.41 Å². The molecule has 2 amide bonds. The third kappa shape index (κ3) is 5.24. The molecule has 3 aliphatic rings. The van der Waals surface area contributed by atoms with E-state index in [0.717, 1.165) is 22.9 Å². The number of nitrogens with zero attached hydrogens (tertiary/aromatic N) is 4. The maximum absolute atomic E-state index is 12.7. The molecule has 0 radical (unpaired) electrons. The van der Waals surface area contributed by atoms with E-state index in [0.29, 0.717) is 42.3 Å². The first-order valence-corrected chi connectivity index (χ1v) is 12.5. The minimum Gasteiger partial charge on any atom is -0.486 e. The van der Waals surface area contributed by atoms with Crippen LogP contribution in [0.5, 0.6) is 5.75 Å². The second-order valence-corrected chi connectivity index (χ2v) is 9.46. The van der Waals surface area contributed by atoms with Crippen LogP contribution in [0.25, 0.3) is 6.08 Å². The van der Waals surface area contributed by atoms with E-state index in [-0.39, 0.29) is 29.8 Å². The normalized spacial score (nSPS) is 19.6. The molecule has 5 rings (SSSR count). The molecule has 0 aromatic heterocycles. The Morgan fingerprint density at radius 1 is 1.17 bits per heavy atom. The van der Waals surface area contributed by atoms with E-state index in [1.54, 1.807) is 11.0 Å². The van der Waals surface area contributed by atoms with Gasteiger partial charge in [0.25, 0.3) is 5.91 Å². The largest absolute Gasteiger partial charge is 0.486 e. The summed E-state index contributed by atoms with van der Waals surface area (Å²) in [5.41, 5.74) is 1.95. The van der Waals surface area contributed by atoms with Crippen molar-refractivity contribution in [1.29, 1.82) is 5.41 Å². The fourth-order valence-corrected chi connectivity index (χ4v) is 4.84. The number of amidine groups is 2. The number of hydrogen-bond donors (Lipinski definition) is 1. The zero-order valence-corrected chi connectivity index (χ0v) is 20.5. The second kappa shape index (κ2) is 10.5. The van der Waals surface area contributed by atoms with Gasteiger partial charge in [0.1, 0.15) is 16.9 Å². The Bertz CT molecular complexity index is 1270. The SMILES string of the molecule is C[C@H](Oc1ccc(/C=C2/C(=N)N3N=C(CC(=O)N4CCOCC4)SC3=NC2=O)cc1)c1ccccc1. The molecule has 1 fully saturated rings. The summed E-state index contributed by atoms with van der Waals surface area (Å²) in [6.45, 7) is 4.14. The zero-order chi connectivity index (χ0) is 25.1. The van der Waals surface area contributed by atoms with E-state index in [1.165, 1.54) is 5.01 Å². The predicted octanol–water partition coefficient (Wildman–Crippen LogP) is 3.69. The van der Waals surface area contributed by atoms with Crippen molar-refractivity contribution in [3.63, 3.8) is 0 Å². The average Bonchev–Trinajstić information content (AvgIpc) is 3.30. The quantitative estimate of drug-likeness (QED) is 0.603. The number of nitrogens with one attached hydrogen (secondary N) is 1. The van der Waals surface area contributed by atoms with Gasteiger partial charge in [0, 0.05) is 13.1 Å². The van der Waals surface area contributed by atoms with Crippen molar-refractivity contribution in [1.82, 2.24) is 9.91 Å². The van der Waals surface area contributed by atoms with E-state index in [9.17, 15) is 9.59 Å². The van der Waals surface area contributed by atoms with Crippen LogP contribution in [0.1, 0.15) is 30.6 Å². The summed E-state index contributed by atoms with van der Waals surface area (Å²) in [4.78, 5) is 31.1. The lowest BCUT2D eigenvalue weighted by molar-refractivity contribution is -0.133. The van der Waals surface area contributed by atoms with Crippen molar-refractivity contribution in [2.45, 2.75) is 19.4 Å². The number of ether oxygens (including phenoxy) is 2. The molecule has 36 heavy (non-hydrogen) atoms. The third-order valence-corrected chi connectivity index (χ3v) is 6.84. The summed E-state index contributed by atoms with van der Waals surface area (Å²) in [6, 6.07) is 17.3. The van der Waals surface area contributed by atoms with Crippen molar-refractivity contribution in [3.05, 3.63) is 71.3 Å². The molecule has 3 heterocycles. The number of carbonyl (C=O) groups excluding carboxylic acids is 2. The van der Waals surface area contributed by atoms with Gasteiger partial charge in [-0.2, -0.15) is 15.1 Å². The van der Waals surface area contributed by atoms with Gasteiger partial charge in [0.05, 0.1) is 25.2 Å². The Balaban J connectivity index is 1.26. The van der Waals surface area contributed by atoms with Crippen LogP contribution in [0.3, 0.4) is 0 Å². The highest BCUT2D eigenvalue weighted by Gasteiger charge is 2.36. The summed E-state index contributed by atoms with van der Waals surface area (Å²) in [5, 5.41) is 15.1. The Morgan fingerprint density at radius 3 is 2.61 bits per heavy atom. The molecule has 0 aliphatic carbocycles. The third-order valence-electron chi connectivity index (χ3n) is 5.94. The molecule has 2 aromatic rings. The minimum absolute atomic E-state index is 0.0532. The minimum atomic E-state index is -0.507. The number of morpholine rings is 1. The fourth-order valence-electron chi connectivity index (χ4n) is 3.96. The smallest absolute Gasteiger partial charge is 0.283 e. The van der Waals surface area contributed by atoms with Crippen molar-refractivity contribution in [2.24, 2.45) is 10.1 Å². The Kier molecular flexibility index (Phi) is 6.97. The fraction of sp³-hybridized carbons (Fsp3) is 0.269. The van der Waals surface area contributed by atoms with E-state index in [4.69, 9.17) is 14.9 Å². The monoisotopic (exact) mass is 503 g/mol. The molecule has 9 nitrogen and oxygen atoms in total. The van der Waals surface area contributed by atoms with Crippen LogP contribution in [0.4, 0.5) is 0 Å². The molecule has 1 N–H and O–H groups in total. The average molecular weight is 504 g/mol. The molecule has 0 spiro atoms. The Morgan fingerprint density at radius 2 is 1.89 bits per heavy atom. The van der Waals surface area contributed by atoms with Gasteiger partial charge in [-0.25, -0.2) is 0 Å². The molecule has 1 atom stereocenters. The van der Waals surface area contributed by atoms with Gasteiger partial charge >= 0.3 is 0 Å². The van der Waals surface area contributed by atoms with Crippen LogP contribution in [0.2, 0.25) is 0 Å².